The van der Waals surface area contributed by atoms with Crippen molar-refractivity contribution in [3.05, 3.63) is 29.1 Å². The first-order valence-electron chi connectivity index (χ1n) is 12.1. The van der Waals surface area contributed by atoms with Gasteiger partial charge in [-0.25, -0.2) is 9.59 Å². The topological polar surface area (TPSA) is 106 Å². The van der Waals surface area contributed by atoms with E-state index in [9.17, 15) is 19.5 Å². The van der Waals surface area contributed by atoms with E-state index in [1.807, 2.05) is 0 Å². The van der Waals surface area contributed by atoms with Gasteiger partial charge < -0.3 is 15.2 Å². The number of aliphatic carboxylic acids is 1. The Morgan fingerprint density at radius 3 is 2.55 bits per heavy atom. The lowest BCUT2D eigenvalue weighted by molar-refractivity contribution is -0.139. The number of alkyl carbamates (subject to hydrolysis) is 1. The summed E-state index contributed by atoms with van der Waals surface area (Å²) in [6, 6.07) is 3.25. The van der Waals surface area contributed by atoms with Crippen molar-refractivity contribution >= 4 is 31.3 Å². The molecule has 0 spiro atoms. The minimum absolute atomic E-state index is 0. The van der Waals surface area contributed by atoms with E-state index < -0.39 is 18.1 Å². The largest absolute Gasteiger partial charge is 0.480 e. The third-order valence-corrected chi connectivity index (χ3v) is 7.37. The minimum atomic E-state index is -1.14. The molecule has 8 heteroatoms. The Kier molecular flexibility index (Phi) is 9.18. The van der Waals surface area contributed by atoms with Gasteiger partial charge >= 0.3 is 12.1 Å². The van der Waals surface area contributed by atoms with E-state index in [4.69, 9.17) is 9.72 Å². The Balaban J connectivity index is 0.00000306. The standard InChI is InChI=1S/C25H34N2O5.H2S/c28-23(11-10-22(24(29)30)27-25(31)32-15-16-4-3-5-16)19-12-17(13-19)14-20-9-8-18-6-1-2-7-21(18)26-20;/h8-9,16-17,19,22H,1-7,10-15H2,(H,27,31)(H,29,30);1H2/t17?,19?,22-;/m0./s1. The third-order valence-electron chi connectivity index (χ3n) is 7.37. The maximum atomic E-state index is 12.5. The second-order valence-electron chi connectivity index (χ2n) is 9.79. The zero-order valence-electron chi connectivity index (χ0n) is 19.2. The predicted molar refractivity (Wildman–Crippen MR) is 129 cm³/mol. The number of amides is 1. The number of pyridine rings is 1. The Hall–Kier alpha value is -2.09. The van der Waals surface area contributed by atoms with Crippen LogP contribution >= 0.6 is 13.5 Å². The van der Waals surface area contributed by atoms with Crippen molar-refractivity contribution in [2.45, 2.75) is 83.1 Å². The van der Waals surface area contributed by atoms with Gasteiger partial charge in [-0.3, -0.25) is 9.78 Å². The molecule has 1 aromatic heterocycles. The van der Waals surface area contributed by atoms with E-state index in [0.29, 0.717) is 18.4 Å². The zero-order chi connectivity index (χ0) is 22.5. The van der Waals surface area contributed by atoms with E-state index in [1.165, 1.54) is 24.1 Å². The van der Waals surface area contributed by atoms with Gasteiger partial charge in [0.15, 0.2) is 0 Å². The quantitative estimate of drug-likeness (QED) is 0.529. The fraction of sp³-hybridized carbons (Fsp3) is 0.680. The van der Waals surface area contributed by atoms with Crippen LogP contribution in [0.1, 0.15) is 74.7 Å². The summed E-state index contributed by atoms with van der Waals surface area (Å²) in [5.41, 5.74) is 3.76. The number of ether oxygens (including phenoxy) is 1. The van der Waals surface area contributed by atoms with Gasteiger partial charge in [0.2, 0.25) is 0 Å². The molecule has 7 nitrogen and oxygen atoms in total. The molecule has 2 saturated carbocycles. The van der Waals surface area contributed by atoms with Crippen LogP contribution in [0.5, 0.6) is 0 Å². The second kappa shape index (κ2) is 11.9. The van der Waals surface area contributed by atoms with Crippen LogP contribution in [-0.2, 0) is 33.6 Å². The second-order valence-corrected chi connectivity index (χ2v) is 9.79. The van der Waals surface area contributed by atoms with Gasteiger partial charge in [0.25, 0.3) is 0 Å². The third kappa shape index (κ3) is 6.95. The van der Waals surface area contributed by atoms with Crippen LogP contribution in [0.4, 0.5) is 4.79 Å². The number of Topliss-reactive ketones (excluding diaryl/α,β-unsaturated/α-hetero) is 1. The van der Waals surface area contributed by atoms with Crippen LogP contribution in [0.25, 0.3) is 0 Å². The molecule has 2 fully saturated rings. The first-order valence-corrected chi connectivity index (χ1v) is 12.1. The smallest absolute Gasteiger partial charge is 0.407 e. The molecule has 0 aromatic carbocycles. The van der Waals surface area contributed by atoms with Gasteiger partial charge in [0.1, 0.15) is 11.8 Å². The number of nitrogens with zero attached hydrogens (tertiary/aromatic N) is 1. The van der Waals surface area contributed by atoms with Crippen LogP contribution in [0.2, 0.25) is 0 Å². The fourth-order valence-electron chi connectivity index (χ4n) is 4.99. The van der Waals surface area contributed by atoms with E-state index in [-0.39, 0.29) is 38.0 Å². The minimum Gasteiger partial charge on any atom is -0.480 e. The van der Waals surface area contributed by atoms with Gasteiger partial charge in [-0.05, 0) is 87.7 Å². The molecule has 33 heavy (non-hydrogen) atoms. The van der Waals surface area contributed by atoms with Crippen molar-refractivity contribution < 1.29 is 24.2 Å². The van der Waals surface area contributed by atoms with Crippen molar-refractivity contribution in [2.75, 3.05) is 6.61 Å². The lowest BCUT2D eigenvalue weighted by atomic mass is 9.70. The van der Waals surface area contributed by atoms with Gasteiger partial charge in [-0.1, -0.05) is 12.5 Å². The molecule has 0 unspecified atom stereocenters. The number of ketones is 1. The average Bonchev–Trinajstić information content (AvgIpc) is 2.71. The summed E-state index contributed by atoms with van der Waals surface area (Å²) in [7, 11) is 0. The Bertz CT molecular complexity index is 851. The summed E-state index contributed by atoms with van der Waals surface area (Å²) in [4.78, 5) is 40.7. The van der Waals surface area contributed by atoms with Crippen molar-refractivity contribution in [2.24, 2.45) is 17.8 Å². The molecular formula is C25H36N2O5S. The van der Waals surface area contributed by atoms with Crippen LogP contribution in [-0.4, -0.2) is 40.6 Å². The molecule has 1 heterocycles. The summed E-state index contributed by atoms with van der Waals surface area (Å²) in [5, 5.41) is 11.8. The molecular weight excluding hydrogens is 440 g/mol. The summed E-state index contributed by atoms with van der Waals surface area (Å²) in [6.07, 6.45) is 10.1. The first-order chi connectivity index (χ1) is 15.5. The van der Waals surface area contributed by atoms with Gasteiger partial charge in [-0.15, -0.1) is 0 Å². The molecule has 4 rings (SSSR count). The molecule has 182 valence electrons. The summed E-state index contributed by atoms with van der Waals surface area (Å²) >= 11 is 0. The lowest BCUT2D eigenvalue weighted by Gasteiger charge is -2.34. The molecule has 3 aliphatic rings. The molecule has 0 bridgehead atoms. The number of aromatic nitrogens is 1. The molecule has 2 N–H and O–H groups in total. The number of fused-ring (bicyclic) bond motifs is 1. The highest BCUT2D eigenvalue weighted by Gasteiger charge is 2.35. The number of carbonyl (C=O) groups excluding carboxylic acids is 2. The normalized spacial score (nSPS) is 22.5. The van der Waals surface area contributed by atoms with Crippen LogP contribution in [0.15, 0.2) is 12.1 Å². The van der Waals surface area contributed by atoms with E-state index >= 15 is 0 Å². The Labute approximate surface area is 202 Å². The summed E-state index contributed by atoms with van der Waals surface area (Å²) < 4.78 is 5.11. The summed E-state index contributed by atoms with van der Waals surface area (Å²) in [5.74, 6) is -0.182. The van der Waals surface area contributed by atoms with Crippen molar-refractivity contribution in [3.8, 4) is 0 Å². The number of carboxylic acid groups (broad SMARTS) is 1. The average molecular weight is 477 g/mol. The number of aryl methyl sites for hydroxylation is 2. The number of rotatable bonds is 10. The fourth-order valence-corrected chi connectivity index (χ4v) is 4.99. The maximum Gasteiger partial charge on any atom is 0.407 e. The Morgan fingerprint density at radius 2 is 1.85 bits per heavy atom. The molecule has 1 amide bonds. The lowest BCUT2D eigenvalue weighted by Crippen LogP contribution is -2.42. The predicted octanol–water partition coefficient (Wildman–Crippen LogP) is 3.97. The number of hydrogen-bond acceptors (Lipinski definition) is 5. The van der Waals surface area contributed by atoms with Gasteiger partial charge in [0.05, 0.1) is 6.61 Å². The SMILES string of the molecule is O=C(N[C@@H](CCC(=O)C1CC(Cc2ccc3c(n2)CCCC3)C1)C(=O)O)OCC1CCC1.S. The van der Waals surface area contributed by atoms with Gasteiger partial charge in [-0.2, -0.15) is 13.5 Å². The summed E-state index contributed by atoms with van der Waals surface area (Å²) in [6.45, 7) is 0.333. The maximum absolute atomic E-state index is 12.5. The first kappa shape index (κ1) is 25.5. The monoisotopic (exact) mass is 476 g/mol. The zero-order valence-corrected chi connectivity index (χ0v) is 20.2. The molecule has 0 radical (unpaired) electrons. The molecule has 1 aromatic rings. The number of carbonyl (C=O) groups is 3. The molecule has 0 aliphatic heterocycles. The highest BCUT2D eigenvalue weighted by atomic mass is 32.1. The van der Waals surface area contributed by atoms with E-state index in [1.54, 1.807) is 0 Å². The van der Waals surface area contributed by atoms with Crippen LogP contribution < -0.4 is 5.32 Å². The highest BCUT2D eigenvalue weighted by Crippen LogP contribution is 2.37. The van der Waals surface area contributed by atoms with Crippen molar-refractivity contribution in [1.82, 2.24) is 10.3 Å². The van der Waals surface area contributed by atoms with Gasteiger partial charge in [0, 0.05) is 23.7 Å². The van der Waals surface area contributed by atoms with Crippen LogP contribution in [0.3, 0.4) is 0 Å². The number of hydrogen-bond donors (Lipinski definition) is 2. The molecule has 0 saturated heterocycles. The number of carboxylic acids is 1. The van der Waals surface area contributed by atoms with Crippen molar-refractivity contribution in [3.63, 3.8) is 0 Å². The highest BCUT2D eigenvalue weighted by molar-refractivity contribution is 7.59. The molecule has 1 atom stereocenters. The Morgan fingerprint density at radius 1 is 1.09 bits per heavy atom. The number of nitrogens with one attached hydrogen (secondary N) is 1. The molecule has 3 aliphatic carbocycles. The van der Waals surface area contributed by atoms with Crippen molar-refractivity contribution in [1.29, 1.82) is 0 Å². The van der Waals surface area contributed by atoms with E-state index in [2.05, 4.69) is 17.4 Å². The van der Waals surface area contributed by atoms with E-state index in [0.717, 1.165) is 57.1 Å². The van der Waals surface area contributed by atoms with Crippen LogP contribution in [0, 0.1) is 17.8 Å².